The summed E-state index contributed by atoms with van der Waals surface area (Å²) in [5, 5.41) is 4.87. The van der Waals surface area contributed by atoms with Crippen molar-refractivity contribution < 1.29 is 0 Å². The Bertz CT molecular complexity index is 398. The largest absolute Gasteiger partial charge is 0.348 e. The molecule has 1 aromatic heterocycles. The van der Waals surface area contributed by atoms with Crippen LogP contribution in [0.1, 0.15) is 63.4 Å². The van der Waals surface area contributed by atoms with Crippen molar-refractivity contribution in [3.63, 3.8) is 0 Å². The molecule has 0 saturated heterocycles. The number of unbranched alkanes of at least 4 members (excludes halogenated alkanes) is 1. The van der Waals surface area contributed by atoms with Crippen LogP contribution >= 0.6 is 11.3 Å². The van der Waals surface area contributed by atoms with E-state index in [0.29, 0.717) is 0 Å². The maximum Gasteiger partial charge on any atom is 0.185 e. The maximum absolute atomic E-state index is 4.93. The van der Waals surface area contributed by atoms with Crippen LogP contribution in [0.25, 0.3) is 0 Å². The second-order valence-corrected chi connectivity index (χ2v) is 6.77. The van der Waals surface area contributed by atoms with Crippen LogP contribution in [-0.4, -0.2) is 24.1 Å². The van der Waals surface area contributed by atoms with E-state index in [1.165, 1.54) is 47.8 Å². The van der Waals surface area contributed by atoms with Gasteiger partial charge in [-0.05, 0) is 32.6 Å². The lowest BCUT2D eigenvalue weighted by Gasteiger charge is -2.19. The minimum Gasteiger partial charge on any atom is -0.348 e. The molecule has 0 aliphatic heterocycles. The van der Waals surface area contributed by atoms with Gasteiger partial charge < -0.3 is 10.2 Å². The van der Waals surface area contributed by atoms with Gasteiger partial charge in [-0.15, -0.1) is 11.3 Å². The number of nitrogens with zero attached hydrogens (tertiary/aromatic N) is 2. The second kappa shape index (κ2) is 7.99. The Hall–Kier alpha value is -0.610. The van der Waals surface area contributed by atoms with Crippen LogP contribution in [0.15, 0.2) is 0 Å². The highest BCUT2D eigenvalue weighted by Crippen LogP contribution is 2.29. The summed E-state index contributed by atoms with van der Waals surface area (Å²) in [6.45, 7) is 9.95. The smallest absolute Gasteiger partial charge is 0.185 e. The Balaban J connectivity index is 2.04. The Labute approximate surface area is 127 Å². The number of aromatic nitrogens is 1. The minimum atomic E-state index is 0.775. The lowest BCUT2D eigenvalue weighted by atomic mass is 10.2. The van der Waals surface area contributed by atoms with Gasteiger partial charge in [0.15, 0.2) is 5.13 Å². The summed E-state index contributed by atoms with van der Waals surface area (Å²) in [6, 6.07) is 0.775. The molecular weight excluding hydrogens is 266 g/mol. The molecule has 0 spiro atoms. The molecular formula is C16H29N3S. The molecule has 1 aliphatic carbocycles. The molecule has 0 unspecified atom stereocenters. The van der Waals surface area contributed by atoms with Crippen LogP contribution in [0, 0.1) is 0 Å². The molecule has 0 radical (unpaired) electrons. The van der Waals surface area contributed by atoms with Crippen molar-refractivity contribution in [1.29, 1.82) is 0 Å². The topological polar surface area (TPSA) is 28.2 Å². The van der Waals surface area contributed by atoms with Crippen molar-refractivity contribution in [2.75, 3.05) is 18.0 Å². The lowest BCUT2D eigenvalue weighted by molar-refractivity contribution is 0.686. The van der Waals surface area contributed by atoms with E-state index < -0.39 is 0 Å². The Morgan fingerprint density at radius 3 is 2.65 bits per heavy atom. The predicted octanol–water partition coefficient (Wildman–Crippen LogP) is 3.97. The van der Waals surface area contributed by atoms with E-state index in [9.17, 15) is 0 Å². The number of aryl methyl sites for hydroxylation is 1. The van der Waals surface area contributed by atoms with Crippen molar-refractivity contribution in [1.82, 2.24) is 10.3 Å². The SMILES string of the molecule is CCCCN(CC)c1nc(CCC)c(CNC2CC2)s1. The van der Waals surface area contributed by atoms with E-state index in [2.05, 4.69) is 31.0 Å². The highest BCUT2D eigenvalue weighted by atomic mass is 32.1. The molecule has 1 fully saturated rings. The van der Waals surface area contributed by atoms with Gasteiger partial charge in [0.05, 0.1) is 5.69 Å². The first-order valence-corrected chi connectivity index (χ1v) is 9.07. The van der Waals surface area contributed by atoms with Crippen molar-refractivity contribution in [2.45, 2.75) is 71.9 Å². The van der Waals surface area contributed by atoms with E-state index in [1.54, 1.807) is 0 Å². The van der Waals surface area contributed by atoms with Crippen LogP contribution < -0.4 is 10.2 Å². The van der Waals surface area contributed by atoms with Crippen molar-refractivity contribution in [3.8, 4) is 0 Å². The fourth-order valence-corrected chi connectivity index (χ4v) is 3.48. The normalized spacial score (nSPS) is 14.8. The molecule has 3 nitrogen and oxygen atoms in total. The summed E-state index contributed by atoms with van der Waals surface area (Å²) in [6.07, 6.45) is 7.51. The Kier molecular flexibility index (Phi) is 6.30. The summed E-state index contributed by atoms with van der Waals surface area (Å²) in [5.74, 6) is 0. The van der Waals surface area contributed by atoms with E-state index in [4.69, 9.17) is 4.98 Å². The zero-order valence-corrected chi connectivity index (χ0v) is 14.1. The van der Waals surface area contributed by atoms with Crippen molar-refractivity contribution in [2.24, 2.45) is 0 Å². The average molecular weight is 295 g/mol. The van der Waals surface area contributed by atoms with Crippen LogP contribution in [0.2, 0.25) is 0 Å². The molecule has 4 heteroatoms. The van der Waals surface area contributed by atoms with Gasteiger partial charge in [0, 0.05) is 30.6 Å². The van der Waals surface area contributed by atoms with E-state index in [-0.39, 0.29) is 0 Å². The summed E-state index contributed by atoms with van der Waals surface area (Å²) in [7, 11) is 0. The maximum atomic E-state index is 4.93. The molecule has 1 N–H and O–H groups in total. The molecule has 1 saturated carbocycles. The van der Waals surface area contributed by atoms with Gasteiger partial charge in [-0.25, -0.2) is 4.98 Å². The van der Waals surface area contributed by atoms with Crippen molar-refractivity contribution >= 4 is 16.5 Å². The van der Waals surface area contributed by atoms with Gasteiger partial charge in [-0.1, -0.05) is 26.7 Å². The molecule has 0 bridgehead atoms. The number of thiazole rings is 1. The summed E-state index contributed by atoms with van der Waals surface area (Å²) >= 11 is 1.90. The first-order valence-electron chi connectivity index (χ1n) is 8.25. The highest BCUT2D eigenvalue weighted by Gasteiger charge is 2.22. The molecule has 114 valence electrons. The standard InChI is InChI=1S/C16H29N3S/c1-4-7-11-19(6-3)16-18-14(8-5-2)15(20-16)12-17-13-9-10-13/h13,17H,4-12H2,1-3H3. The molecule has 0 aromatic carbocycles. The van der Waals surface area contributed by atoms with Gasteiger partial charge in [0.25, 0.3) is 0 Å². The lowest BCUT2D eigenvalue weighted by Crippen LogP contribution is -2.23. The molecule has 1 aromatic rings. The van der Waals surface area contributed by atoms with Crippen LogP contribution in [0.5, 0.6) is 0 Å². The minimum absolute atomic E-state index is 0.775. The molecule has 2 rings (SSSR count). The van der Waals surface area contributed by atoms with Crippen LogP contribution in [0.3, 0.4) is 0 Å². The highest BCUT2D eigenvalue weighted by molar-refractivity contribution is 7.15. The zero-order chi connectivity index (χ0) is 14.4. The molecule has 20 heavy (non-hydrogen) atoms. The monoisotopic (exact) mass is 295 g/mol. The first kappa shape index (κ1) is 15.8. The van der Waals surface area contributed by atoms with E-state index in [1.807, 2.05) is 11.3 Å². The number of rotatable bonds is 10. The first-order chi connectivity index (χ1) is 9.78. The van der Waals surface area contributed by atoms with E-state index >= 15 is 0 Å². The summed E-state index contributed by atoms with van der Waals surface area (Å²) in [5.41, 5.74) is 1.33. The van der Waals surface area contributed by atoms with Crippen LogP contribution in [-0.2, 0) is 13.0 Å². The van der Waals surface area contributed by atoms with Gasteiger partial charge in [-0.3, -0.25) is 0 Å². The number of anilines is 1. The number of hydrogen-bond acceptors (Lipinski definition) is 4. The van der Waals surface area contributed by atoms with Gasteiger partial charge in [0.1, 0.15) is 0 Å². The predicted molar refractivity (Wildman–Crippen MR) is 88.8 cm³/mol. The van der Waals surface area contributed by atoms with Gasteiger partial charge in [0.2, 0.25) is 0 Å². The van der Waals surface area contributed by atoms with Gasteiger partial charge >= 0.3 is 0 Å². The summed E-state index contributed by atoms with van der Waals surface area (Å²) < 4.78 is 0. The average Bonchev–Trinajstić information content (AvgIpc) is 3.20. The third-order valence-corrected chi connectivity index (χ3v) is 4.97. The fourth-order valence-electron chi connectivity index (χ4n) is 2.34. The number of nitrogens with one attached hydrogen (secondary N) is 1. The fraction of sp³-hybridized carbons (Fsp3) is 0.812. The van der Waals surface area contributed by atoms with E-state index in [0.717, 1.165) is 32.1 Å². The Morgan fingerprint density at radius 2 is 2.05 bits per heavy atom. The molecule has 1 heterocycles. The van der Waals surface area contributed by atoms with Crippen molar-refractivity contribution in [3.05, 3.63) is 10.6 Å². The summed E-state index contributed by atoms with van der Waals surface area (Å²) in [4.78, 5) is 8.83. The molecule has 0 atom stereocenters. The quantitative estimate of drug-likeness (QED) is 0.708. The molecule has 0 amide bonds. The van der Waals surface area contributed by atoms with Crippen LogP contribution in [0.4, 0.5) is 5.13 Å². The third kappa shape index (κ3) is 4.45. The van der Waals surface area contributed by atoms with Gasteiger partial charge in [-0.2, -0.15) is 0 Å². The molecule has 1 aliphatic rings. The Morgan fingerprint density at radius 1 is 1.25 bits per heavy atom. The zero-order valence-electron chi connectivity index (χ0n) is 13.2. The number of hydrogen-bond donors (Lipinski definition) is 1. The second-order valence-electron chi connectivity index (χ2n) is 5.70. The third-order valence-electron chi connectivity index (χ3n) is 3.82.